The van der Waals surface area contributed by atoms with E-state index in [0.717, 1.165) is 5.75 Å². The van der Waals surface area contributed by atoms with Gasteiger partial charge in [0, 0.05) is 12.3 Å². The Balaban J connectivity index is 2.35. The summed E-state index contributed by atoms with van der Waals surface area (Å²) in [4.78, 5) is 26.0. The molecule has 0 atom stereocenters. The van der Waals surface area contributed by atoms with E-state index in [2.05, 4.69) is 15.6 Å². The third-order valence-electron chi connectivity index (χ3n) is 1.35. The lowest BCUT2D eigenvalue weighted by atomic mass is 10.5. The van der Waals surface area contributed by atoms with Crippen LogP contribution in [-0.2, 0) is 9.59 Å². The molecular weight excluding hydrogens is 190 g/mol. The normalized spacial score (nSPS) is 15.0. The third-order valence-corrected chi connectivity index (χ3v) is 2.24. The number of amidine groups is 1. The summed E-state index contributed by atoms with van der Waals surface area (Å²) in [5.41, 5.74) is 0. The number of hydrogen-bond donors (Lipinski definition) is 2. The lowest BCUT2D eigenvalue weighted by Gasteiger charge is -2.02. The predicted molar refractivity (Wildman–Crippen MR) is 51.6 cm³/mol. The van der Waals surface area contributed by atoms with Crippen molar-refractivity contribution in [2.24, 2.45) is 4.99 Å². The summed E-state index contributed by atoms with van der Waals surface area (Å²) in [6.07, 6.45) is 0. The zero-order valence-electron chi connectivity index (χ0n) is 7.29. The first kappa shape index (κ1) is 10.0. The van der Waals surface area contributed by atoms with E-state index < -0.39 is 11.8 Å². The number of carbonyl (C=O) groups is 2. The van der Waals surface area contributed by atoms with Crippen LogP contribution >= 0.6 is 11.8 Å². The molecule has 1 aliphatic rings. The molecule has 1 aliphatic heterocycles. The fourth-order valence-electron chi connectivity index (χ4n) is 0.805. The van der Waals surface area contributed by atoms with Gasteiger partial charge in [-0.15, -0.1) is 0 Å². The lowest BCUT2D eigenvalue weighted by molar-refractivity contribution is -0.138. The largest absolute Gasteiger partial charge is 0.348 e. The van der Waals surface area contributed by atoms with Gasteiger partial charge in [0.1, 0.15) is 0 Å². The summed E-state index contributed by atoms with van der Waals surface area (Å²) in [5, 5.41) is 5.37. The van der Waals surface area contributed by atoms with Gasteiger partial charge in [0.05, 0.1) is 6.54 Å². The molecular formula is C7H11N3O2S. The van der Waals surface area contributed by atoms with E-state index in [9.17, 15) is 9.59 Å². The second-order valence-corrected chi connectivity index (χ2v) is 3.43. The minimum absolute atomic E-state index is 0.450. The van der Waals surface area contributed by atoms with Crippen molar-refractivity contribution < 1.29 is 9.59 Å². The Labute approximate surface area is 80.4 Å². The highest BCUT2D eigenvalue weighted by Crippen LogP contribution is 2.08. The molecule has 0 saturated heterocycles. The molecule has 0 bridgehead atoms. The standard InChI is InChI=1S/C7H11N3O2S/c1-2-8-5(11)6(12)10-7-9-3-4-13-7/h2-4H2,1H3,(H,8,11)(H,9,10,12). The number of hydrogen-bond acceptors (Lipinski definition) is 4. The smallest absolute Gasteiger partial charge is 0.315 e. The summed E-state index contributed by atoms with van der Waals surface area (Å²) in [5.74, 6) is -0.391. The number of rotatable bonds is 1. The zero-order chi connectivity index (χ0) is 9.68. The number of nitrogens with one attached hydrogen (secondary N) is 2. The van der Waals surface area contributed by atoms with Crippen molar-refractivity contribution >= 4 is 28.7 Å². The SMILES string of the molecule is CCNC(=O)C(=O)NC1=NCCS1. The van der Waals surface area contributed by atoms with Crippen LogP contribution in [0.25, 0.3) is 0 Å². The van der Waals surface area contributed by atoms with Gasteiger partial charge in [0.15, 0.2) is 5.17 Å². The summed E-state index contributed by atoms with van der Waals surface area (Å²) in [6, 6.07) is 0. The minimum atomic E-state index is -0.644. The molecule has 5 nitrogen and oxygen atoms in total. The number of nitrogens with zero attached hydrogens (tertiary/aromatic N) is 1. The number of amides is 2. The summed E-state index contributed by atoms with van der Waals surface area (Å²) < 4.78 is 0. The van der Waals surface area contributed by atoms with Crippen molar-refractivity contribution in [3.63, 3.8) is 0 Å². The van der Waals surface area contributed by atoms with Gasteiger partial charge < -0.3 is 5.32 Å². The Hall–Kier alpha value is -1.04. The molecule has 0 aromatic rings. The van der Waals surface area contributed by atoms with E-state index >= 15 is 0 Å². The molecule has 1 heterocycles. The highest BCUT2D eigenvalue weighted by Gasteiger charge is 2.16. The molecule has 6 heteroatoms. The highest BCUT2D eigenvalue weighted by molar-refractivity contribution is 8.14. The van der Waals surface area contributed by atoms with E-state index in [1.807, 2.05) is 0 Å². The summed E-state index contributed by atoms with van der Waals surface area (Å²) in [6.45, 7) is 2.91. The molecule has 0 saturated carbocycles. The van der Waals surface area contributed by atoms with Crippen LogP contribution in [0.4, 0.5) is 0 Å². The van der Waals surface area contributed by atoms with E-state index in [0.29, 0.717) is 18.3 Å². The molecule has 1 rings (SSSR count). The van der Waals surface area contributed by atoms with Crippen molar-refractivity contribution in [3.05, 3.63) is 0 Å². The number of aliphatic imine (C=N–C) groups is 1. The molecule has 72 valence electrons. The quantitative estimate of drug-likeness (QED) is 0.553. The summed E-state index contributed by atoms with van der Waals surface area (Å²) >= 11 is 1.44. The molecule has 0 aromatic heterocycles. The Bertz CT molecular complexity index is 252. The van der Waals surface area contributed by atoms with Gasteiger partial charge in [0.2, 0.25) is 0 Å². The summed E-state index contributed by atoms with van der Waals surface area (Å²) in [7, 11) is 0. The fourth-order valence-corrected chi connectivity index (χ4v) is 1.53. The monoisotopic (exact) mass is 201 g/mol. The Morgan fingerprint density at radius 3 is 2.85 bits per heavy atom. The molecule has 0 fully saturated rings. The van der Waals surface area contributed by atoms with Crippen LogP contribution in [0.15, 0.2) is 4.99 Å². The van der Waals surface area contributed by atoms with Crippen LogP contribution in [0.3, 0.4) is 0 Å². The van der Waals surface area contributed by atoms with E-state index in [4.69, 9.17) is 0 Å². The Kier molecular flexibility index (Phi) is 3.75. The second-order valence-electron chi connectivity index (χ2n) is 2.35. The van der Waals surface area contributed by atoms with Crippen molar-refractivity contribution in [2.45, 2.75) is 6.92 Å². The van der Waals surface area contributed by atoms with Crippen molar-refractivity contribution in [1.82, 2.24) is 10.6 Å². The number of likely N-dealkylation sites (N-methyl/N-ethyl adjacent to an activating group) is 1. The first-order valence-electron chi connectivity index (χ1n) is 4.00. The van der Waals surface area contributed by atoms with Gasteiger partial charge >= 0.3 is 11.8 Å². The molecule has 0 unspecified atom stereocenters. The molecule has 2 amide bonds. The van der Waals surface area contributed by atoms with Crippen LogP contribution < -0.4 is 10.6 Å². The van der Waals surface area contributed by atoms with Crippen LogP contribution in [0.1, 0.15) is 6.92 Å². The fraction of sp³-hybridized carbons (Fsp3) is 0.571. The van der Waals surface area contributed by atoms with Crippen LogP contribution in [-0.4, -0.2) is 35.8 Å². The zero-order valence-corrected chi connectivity index (χ0v) is 8.11. The molecule has 0 spiro atoms. The number of thioether (sulfide) groups is 1. The van der Waals surface area contributed by atoms with E-state index in [1.54, 1.807) is 6.92 Å². The topological polar surface area (TPSA) is 70.6 Å². The lowest BCUT2D eigenvalue weighted by Crippen LogP contribution is -2.41. The average molecular weight is 201 g/mol. The maximum Gasteiger partial charge on any atom is 0.315 e. The van der Waals surface area contributed by atoms with Gasteiger partial charge in [-0.25, -0.2) is 0 Å². The van der Waals surface area contributed by atoms with Crippen molar-refractivity contribution in [2.75, 3.05) is 18.8 Å². The molecule has 0 aliphatic carbocycles. The first-order valence-corrected chi connectivity index (χ1v) is 4.99. The maximum atomic E-state index is 11.1. The van der Waals surface area contributed by atoms with Gasteiger partial charge in [0.25, 0.3) is 0 Å². The molecule has 0 radical (unpaired) electrons. The Morgan fingerprint density at radius 2 is 2.31 bits per heavy atom. The Morgan fingerprint density at radius 1 is 1.54 bits per heavy atom. The van der Waals surface area contributed by atoms with E-state index in [1.165, 1.54) is 11.8 Å². The maximum absolute atomic E-state index is 11.1. The van der Waals surface area contributed by atoms with Gasteiger partial charge in [-0.3, -0.25) is 19.9 Å². The van der Waals surface area contributed by atoms with Crippen LogP contribution in [0.2, 0.25) is 0 Å². The first-order chi connectivity index (χ1) is 6.24. The third kappa shape index (κ3) is 3.06. The minimum Gasteiger partial charge on any atom is -0.348 e. The molecule has 0 aromatic carbocycles. The molecule has 13 heavy (non-hydrogen) atoms. The average Bonchev–Trinajstić information content (AvgIpc) is 2.57. The van der Waals surface area contributed by atoms with Crippen LogP contribution in [0, 0.1) is 0 Å². The molecule has 2 N–H and O–H groups in total. The van der Waals surface area contributed by atoms with Crippen molar-refractivity contribution in [1.29, 1.82) is 0 Å². The van der Waals surface area contributed by atoms with E-state index in [-0.39, 0.29) is 0 Å². The second kappa shape index (κ2) is 4.86. The van der Waals surface area contributed by atoms with Crippen molar-refractivity contribution in [3.8, 4) is 0 Å². The van der Waals surface area contributed by atoms with Gasteiger partial charge in [-0.05, 0) is 6.92 Å². The predicted octanol–water partition coefficient (Wildman–Crippen LogP) is -0.658. The highest BCUT2D eigenvalue weighted by atomic mass is 32.2. The van der Waals surface area contributed by atoms with Gasteiger partial charge in [-0.2, -0.15) is 0 Å². The van der Waals surface area contributed by atoms with Crippen LogP contribution in [0.5, 0.6) is 0 Å². The number of carbonyl (C=O) groups excluding carboxylic acids is 2. The van der Waals surface area contributed by atoms with Gasteiger partial charge in [-0.1, -0.05) is 11.8 Å².